The number of Topliss-reactive ketones (excluding diaryl/α,β-unsaturated/α-hetero) is 1. The van der Waals surface area contributed by atoms with Crippen LogP contribution in [-0.4, -0.2) is 23.3 Å². The van der Waals surface area contributed by atoms with Gasteiger partial charge in [0.1, 0.15) is 5.92 Å². The summed E-state index contributed by atoms with van der Waals surface area (Å²) in [6, 6.07) is 17.9. The maximum absolute atomic E-state index is 13.0. The number of esters is 1. The van der Waals surface area contributed by atoms with E-state index in [0.717, 1.165) is 10.9 Å². The first-order chi connectivity index (χ1) is 11.7. The van der Waals surface area contributed by atoms with Crippen LogP contribution in [0.5, 0.6) is 0 Å². The number of nitrogens with zero attached hydrogens (tertiary/aromatic N) is 1. The molecule has 1 unspecified atom stereocenters. The summed E-state index contributed by atoms with van der Waals surface area (Å²) in [5, 5.41) is 0.860. The number of benzene rings is 2. The van der Waals surface area contributed by atoms with E-state index in [-0.39, 0.29) is 12.4 Å². The van der Waals surface area contributed by atoms with Gasteiger partial charge in [-0.05, 0) is 36.8 Å². The number of fused-ring (bicyclic) bond motifs is 1. The number of hydrogen-bond acceptors (Lipinski definition) is 4. The summed E-state index contributed by atoms with van der Waals surface area (Å²) in [6.45, 7) is 1.96. The zero-order valence-corrected chi connectivity index (χ0v) is 13.3. The van der Waals surface area contributed by atoms with Crippen LogP contribution in [0.2, 0.25) is 0 Å². The predicted molar refractivity (Wildman–Crippen MR) is 91.9 cm³/mol. The van der Waals surface area contributed by atoms with Crippen LogP contribution in [0.15, 0.2) is 66.9 Å². The lowest BCUT2D eigenvalue weighted by Gasteiger charge is -2.15. The number of rotatable bonds is 5. The van der Waals surface area contributed by atoms with Gasteiger partial charge in [-0.3, -0.25) is 14.6 Å². The van der Waals surface area contributed by atoms with E-state index in [4.69, 9.17) is 4.74 Å². The lowest BCUT2D eigenvalue weighted by Crippen LogP contribution is -2.24. The van der Waals surface area contributed by atoms with E-state index >= 15 is 0 Å². The Labute approximate surface area is 140 Å². The second kappa shape index (κ2) is 7.04. The molecule has 0 radical (unpaired) electrons. The molecule has 0 saturated heterocycles. The molecule has 0 aliphatic carbocycles. The summed E-state index contributed by atoms with van der Waals surface area (Å²) >= 11 is 0. The maximum atomic E-state index is 13.0. The van der Waals surface area contributed by atoms with Crippen LogP contribution >= 0.6 is 0 Å². The van der Waals surface area contributed by atoms with Crippen molar-refractivity contribution in [2.75, 3.05) is 6.61 Å². The number of pyridine rings is 1. The van der Waals surface area contributed by atoms with Gasteiger partial charge in [0.2, 0.25) is 0 Å². The van der Waals surface area contributed by atoms with E-state index in [9.17, 15) is 9.59 Å². The third kappa shape index (κ3) is 3.18. The van der Waals surface area contributed by atoms with Gasteiger partial charge in [0, 0.05) is 17.1 Å². The van der Waals surface area contributed by atoms with Crippen molar-refractivity contribution in [2.24, 2.45) is 0 Å². The second-order valence-electron chi connectivity index (χ2n) is 5.37. The van der Waals surface area contributed by atoms with Crippen molar-refractivity contribution in [3.8, 4) is 0 Å². The van der Waals surface area contributed by atoms with Gasteiger partial charge in [-0.15, -0.1) is 0 Å². The largest absolute Gasteiger partial charge is 0.465 e. The van der Waals surface area contributed by atoms with Gasteiger partial charge in [-0.2, -0.15) is 0 Å². The van der Waals surface area contributed by atoms with Crippen molar-refractivity contribution < 1.29 is 14.3 Å². The molecule has 120 valence electrons. The Kier molecular flexibility index (Phi) is 4.66. The Bertz CT molecular complexity index is 874. The van der Waals surface area contributed by atoms with Crippen molar-refractivity contribution in [3.63, 3.8) is 0 Å². The highest BCUT2D eigenvalue weighted by Gasteiger charge is 2.30. The molecule has 3 aromatic rings. The summed E-state index contributed by atoms with van der Waals surface area (Å²) in [4.78, 5) is 29.6. The zero-order chi connectivity index (χ0) is 16.9. The van der Waals surface area contributed by atoms with Gasteiger partial charge in [-0.25, -0.2) is 0 Å². The number of hydrogen-bond donors (Lipinski definition) is 0. The Balaban J connectivity index is 2.02. The van der Waals surface area contributed by atoms with Crippen LogP contribution in [0, 0.1) is 0 Å². The minimum atomic E-state index is -0.958. The van der Waals surface area contributed by atoms with Gasteiger partial charge in [-0.1, -0.05) is 36.4 Å². The number of carbonyl (C=O) groups excluding carboxylic acids is 2. The average molecular weight is 319 g/mol. The number of ether oxygens (including phenoxy) is 1. The third-order valence-corrected chi connectivity index (χ3v) is 3.80. The quantitative estimate of drug-likeness (QED) is 0.408. The normalized spacial score (nSPS) is 11.9. The molecule has 0 amide bonds. The summed E-state index contributed by atoms with van der Waals surface area (Å²) in [5.41, 5.74) is 1.91. The molecule has 1 heterocycles. The monoisotopic (exact) mass is 319 g/mol. The van der Waals surface area contributed by atoms with Crippen molar-refractivity contribution in [1.29, 1.82) is 0 Å². The minimum absolute atomic E-state index is 0.233. The molecule has 2 aromatic carbocycles. The second-order valence-corrected chi connectivity index (χ2v) is 5.37. The Morgan fingerprint density at radius 3 is 2.58 bits per heavy atom. The molecule has 0 fully saturated rings. The summed E-state index contributed by atoms with van der Waals surface area (Å²) in [6.07, 6.45) is 1.70. The highest BCUT2D eigenvalue weighted by Crippen LogP contribution is 2.24. The van der Waals surface area contributed by atoms with Gasteiger partial charge >= 0.3 is 5.97 Å². The number of ketones is 1. The van der Waals surface area contributed by atoms with Gasteiger partial charge in [0.25, 0.3) is 0 Å². The molecule has 0 bridgehead atoms. The Morgan fingerprint density at radius 1 is 1.04 bits per heavy atom. The van der Waals surface area contributed by atoms with E-state index in [0.29, 0.717) is 11.1 Å². The molecule has 0 aliphatic rings. The zero-order valence-electron chi connectivity index (χ0n) is 13.3. The number of carbonyl (C=O) groups is 2. The molecule has 24 heavy (non-hydrogen) atoms. The highest BCUT2D eigenvalue weighted by atomic mass is 16.5. The smallest absolute Gasteiger partial charge is 0.321 e. The SMILES string of the molecule is CCOC(=O)C(C(=O)c1ccc2ncccc2c1)c1ccccc1. The summed E-state index contributed by atoms with van der Waals surface area (Å²) in [5.74, 6) is -1.76. The summed E-state index contributed by atoms with van der Waals surface area (Å²) in [7, 11) is 0. The first-order valence-corrected chi connectivity index (χ1v) is 7.81. The summed E-state index contributed by atoms with van der Waals surface area (Å²) < 4.78 is 5.12. The van der Waals surface area contributed by atoms with Gasteiger partial charge < -0.3 is 4.74 Å². The molecular weight excluding hydrogens is 302 g/mol. The van der Waals surface area contributed by atoms with E-state index < -0.39 is 11.9 Å². The highest BCUT2D eigenvalue weighted by molar-refractivity contribution is 6.13. The van der Waals surface area contributed by atoms with Crippen LogP contribution in [0.1, 0.15) is 28.8 Å². The van der Waals surface area contributed by atoms with Crippen molar-refractivity contribution >= 4 is 22.7 Å². The molecule has 0 aliphatic heterocycles. The van der Waals surface area contributed by atoms with E-state index in [1.807, 2.05) is 18.2 Å². The van der Waals surface area contributed by atoms with Crippen molar-refractivity contribution in [2.45, 2.75) is 12.8 Å². The van der Waals surface area contributed by atoms with Crippen LogP contribution in [0.25, 0.3) is 10.9 Å². The lowest BCUT2D eigenvalue weighted by molar-refractivity contribution is -0.143. The molecule has 0 N–H and O–H groups in total. The lowest BCUT2D eigenvalue weighted by atomic mass is 9.90. The first-order valence-electron chi connectivity index (χ1n) is 7.81. The fraction of sp³-hybridized carbons (Fsp3) is 0.150. The average Bonchev–Trinajstić information content (AvgIpc) is 2.62. The maximum Gasteiger partial charge on any atom is 0.321 e. The molecule has 4 nitrogen and oxygen atoms in total. The molecule has 1 aromatic heterocycles. The minimum Gasteiger partial charge on any atom is -0.465 e. The van der Waals surface area contributed by atoms with Crippen LogP contribution < -0.4 is 0 Å². The molecular formula is C20H17NO3. The fourth-order valence-electron chi connectivity index (χ4n) is 2.66. The molecule has 0 saturated carbocycles. The van der Waals surface area contributed by atoms with Crippen LogP contribution in [0.3, 0.4) is 0 Å². The van der Waals surface area contributed by atoms with Crippen LogP contribution in [-0.2, 0) is 9.53 Å². The molecule has 0 spiro atoms. The van der Waals surface area contributed by atoms with Crippen LogP contribution in [0.4, 0.5) is 0 Å². The standard InChI is InChI=1S/C20H17NO3/c1-2-24-20(23)18(14-7-4-3-5-8-14)19(22)16-10-11-17-15(13-16)9-6-12-21-17/h3-13,18H,2H2,1H3. The Hall–Kier alpha value is -3.01. The Morgan fingerprint density at radius 2 is 1.83 bits per heavy atom. The van der Waals surface area contributed by atoms with Gasteiger partial charge in [0.15, 0.2) is 5.78 Å². The topological polar surface area (TPSA) is 56.3 Å². The predicted octanol–water partition coefficient (Wildman–Crippen LogP) is 3.76. The van der Waals surface area contributed by atoms with Crippen molar-refractivity contribution in [1.82, 2.24) is 4.98 Å². The van der Waals surface area contributed by atoms with Crippen molar-refractivity contribution in [3.05, 3.63) is 78.0 Å². The molecule has 1 atom stereocenters. The van der Waals surface area contributed by atoms with E-state index in [1.165, 1.54) is 0 Å². The number of aromatic nitrogens is 1. The van der Waals surface area contributed by atoms with E-state index in [1.54, 1.807) is 55.6 Å². The van der Waals surface area contributed by atoms with Gasteiger partial charge in [0.05, 0.1) is 12.1 Å². The third-order valence-electron chi connectivity index (χ3n) is 3.80. The fourth-order valence-corrected chi connectivity index (χ4v) is 2.66. The molecule has 4 heteroatoms. The first kappa shape index (κ1) is 15.9. The van der Waals surface area contributed by atoms with E-state index in [2.05, 4.69) is 4.98 Å². The molecule has 3 rings (SSSR count).